The van der Waals surface area contributed by atoms with Crippen molar-refractivity contribution in [1.29, 1.82) is 0 Å². The Morgan fingerprint density at radius 2 is 2.00 bits per heavy atom. The third kappa shape index (κ3) is 4.59. The van der Waals surface area contributed by atoms with E-state index in [0.29, 0.717) is 6.54 Å². The van der Waals surface area contributed by atoms with Gasteiger partial charge in [0.05, 0.1) is 19.8 Å². The predicted octanol–water partition coefficient (Wildman–Crippen LogP) is 1.80. The van der Waals surface area contributed by atoms with Crippen molar-refractivity contribution in [1.82, 2.24) is 4.90 Å². The van der Waals surface area contributed by atoms with Crippen LogP contribution in [0.25, 0.3) is 0 Å². The van der Waals surface area contributed by atoms with Crippen LogP contribution in [-0.4, -0.2) is 43.7 Å². The van der Waals surface area contributed by atoms with E-state index < -0.39 is 5.60 Å². The fourth-order valence-electron chi connectivity index (χ4n) is 2.28. The first-order chi connectivity index (χ1) is 10.1. The Bertz CT molecular complexity index is 526. The molecule has 1 atom stereocenters. The van der Waals surface area contributed by atoms with Crippen LogP contribution in [0.5, 0.6) is 0 Å². The van der Waals surface area contributed by atoms with Crippen LogP contribution in [0.3, 0.4) is 0 Å². The Morgan fingerprint density at radius 3 is 2.62 bits per heavy atom. The van der Waals surface area contributed by atoms with E-state index in [2.05, 4.69) is 16.7 Å². The molecule has 0 N–H and O–H groups in total. The smallest absolute Gasteiger partial charge is 0.304 e. The van der Waals surface area contributed by atoms with Gasteiger partial charge in [0.25, 0.3) is 0 Å². The average molecular weight is 287 g/mol. The number of carbonyl (C=O) groups is 1. The van der Waals surface area contributed by atoms with Gasteiger partial charge in [0.15, 0.2) is 5.60 Å². The molecule has 0 radical (unpaired) electrons. The summed E-state index contributed by atoms with van der Waals surface area (Å²) < 4.78 is 10.8. The highest BCUT2D eigenvalue weighted by Crippen LogP contribution is 2.24. The third-order valence-corrected chi connectivity index (χ3v) is 3.41. The summed E-state index contributed by atoms with van der Waals surface area (Å²) in [6.45, 7) is 7.19. The van der Waals surface area contributed by atoms with Gasteiger partial charge in [0, 0.05) is 25.6 Å². The average Bonchev–Trinajstić information content (AvgIpc) is 2.48. The zero-order chi connectivity index (χ0) is 15.1. The maximum atomic E-state index is 11.4. The Balaban J connectivity index is 2.11. The van der Waals surface area contributed by atoms with E-state index in [4.69, 9.17) is 9.47 Å². The molecule has 1 saturated heterocycles. The number of hydrogen-bond acceptors (Lipinski definition) is 4. The van der Waals surface area contributed by atoms with Crippen LogP contribution in [0.15, 0.2) is 30.3 Å². The lowest BCUT2D eigenvalue weighted by atomic mass is 9.96. The molecule has 112 valence electrons. The Hall–Kier alpha value is -1.83. The van der Waals surface area contributed by atoms with Crippen molar-refractivity contribution in [3.05, 3.63) is 35.9 Å². The van der Waals surface area contributed by atoms with Gasteiger partial charge >= 0.3 is 5.97 Å². The second-order valence-corrected chi connectivity index (χ2v) is 5.18. The fraction of sp³-hybridized carbons (Fsp3) is 0.471. The van der Waals surface area contributed by atoms with E-state index in [0.717, 1.165) is 31.9 Å². The molecular formula is C17H21NO3. The standard InChI is InChI=1S/C17H21NO3/c1-15(19)21-17(2,16-7-4-3-5-8-16)9-6-10-18-11-13-20-14-12-18/h3-5,7-8H,10-14H2,1-2H3. The van der Waals surface area contributed by atoms with Gasteiger partial charge in [-0.25, -0.2) is 0 Å². The third-order valence-electron chi connectivity index (χ3n) is 3.41. The van der Waals surface area contributed by atoms with Gasteiger partial charge in [0.2, 0.25) is 0 Å². The van der Waals surface area contributed by atoms with E-state index in [1.54, 1.807) is 0 Å². The van der Waals surface area contributed by atoms with Gasteiger partial charge in [-0.05, 0) is 12.8 Å². The maximum absolute atomic E-state index is 11.4. The van der Waals surface area contributed by atoms with Crippen molar-refractivity contribution in [2.45, 2.75) is 19.4 Å². The minimum absolute atomic E-state index is 0.331. The number of rotatable bonds is 3. The molecule has 1 aromatic carbocycles. The molecule has 0 amide bonds. The van der Waals surface area contributed by atoms with Gasteiger partial charge in [-0.1, -0.05) is 36.3 Å². The van der Waals surface area contributed by atoms with Crippen LogP contribution in [-0.2, 0) is 19.9 Å². The van der Waals surface area contributed by atoms with Crippen LogP contribution in [0.4, 0.5) is 0 Å². The van der Waals surface area contributed by atoms with Crippen molar-refractivity contribution < 1.29 is 14.3 Å². The zero-order valence-corrected chi connectivity index (χ0v) is 12.6. The largest absolute Gasteiger partial charge is 0.442 e. The molecule has 0 bridgehead atoms. The van der Waals surface area contributed by atoms with Crippen LogP contribution in [0, 0.1) is 11.8 Å². The lowest BCUT2D eigenvalue weighted by Crippen LogP contribution is -2.36. The second-order valence-electron chi connectivity index (χ2n) is 5.18. The minimum Gasteiger partial charge on any atom is -0.442 e. The summed E-state index contributed by atoms with van der Waals surface area (Å²) in [5.41, 5.74) is -0.0194. The van der Waals surface area contributed by atoms with Crippen molar-refractivity contribution in [2.24, 2.45) is 0 Å². The monoisotopic (exact) mass is 287 g/mol. The van der Waals surface area contributed by atoms with Crippen LogP contribution in [0.1, 0.15) is 19.4 Å². The number of benzene rings is 1. The molecule has 4 nitrogen and oxygen atoms in total. The van der Waals surface area contributed by atoms with Crippen molar-refractivity contribution >= 4 is 5.97 Å². The molecule has 1 aliphatic heterocycles. The Kier molecular flexibility index (Phi) is 5.38. The van der Waals surface area contributed by atoms with Gasteiger partial charge in [-0.2, -0.15) is 0 Å². The first-order valence-corrected chi connectivity index (χ1v) is 7.15. The van der Waals surface area contributed by atoms with E-state index in [1.165, 1.54) is 6.92 Å². The van der Waals surface area contributed by atoms with Crippen LogP contribution in [0.2, 0.25) is 0 Å². The molecular weight excluding hydrogens is 266 g/mol. The highest BCUT2D eigenvalue weighted by Gasteiger charge is 2.27. The summed E-state index contributed by atoms with van der Waals surface area (Å²) in [6.07, 6.45) is 0. The van der Waals surface area contributed by atoms with E-state index in [9.17, 15) is 4.79 Å². The topological polar surface area (TPSA) is 38.8 Å². The number of hydrogen-bond donors (Lipinski definition) is 0. The van der Waals surface area contributed by atoms with E-state index in [1.807, 2.05) is 37.3 Å². The molecule has 0 spiro atoms. The van der Waals surface area contributed by atoms with Gasteiger partial charge in [0.1, 0.15) is 0 Å². The highest BCUT2D eigenvalue weighted by molar-refractivity contribution is 5.67. The minimum atomic E-state index is -0.903. The summed E-state index contributed by atoms with van der Waals surface area (Å²) in [5.74, 6) is 5.93. The van der Waals surface area contributed by atoms with E-state index >= 15 is 0 Å². The Morgan fingerprint density at radius 1 is 1.33 bits per heavy atom. The van der Waals surface area contributed by atoms with Crippen molar-refractivity contribution in [2.75, 3.05) is 32.8 Å². The Labute approximate surface area is 126 Å². The molecule has 1 unspecified atom stereocenters. The number of morpholine rings is 1. The summed E-state index contributed by atoms with van der Waals surface area (Å²) in [5, 5.41) is 0. The number of carbonyl (C=O) groups excluding carboxylic acids is 1. The quantitative estimate of drug-likeness (QED) is 0.628. The predicted molar refractivity (Wildman–Crippen MR) is 80.6 cm³/mol. The van der Waals surface area contributed by atoms with Crippen molar-refractivity contribution in [3.63, 3.8) is 0 Å². The number of nitrogens with zero attached hydrogens (tertiary/aromatic N) is 1. The lowest BCUT2D eigenvalue weighted by molar-refractivity contribution is -0.151. The summed E-state index contributed by atoms with van der Waals surface area (Å²) in [4.78, 5) is 13.6. The number of ether oxygens (including phenoxy) is 2. The second kappa shape index (κ2) is 7.26. The molecule has 0 saturated carbocycles. The highest BCUT2D eigenvalue weighted by atomic mass is 16.6. The molecule has 1 aliphatic rings. The van der Waals surface area contributed by atoms with Crippen LogP contribution < -0.4 is 0 Å². The normalized spacial score (nSPS) is 18.2. The number of esters is 1. The summed E-state index contributed by atoms with van der Waals surface area (Å²) in [7, 11) is 0. The maximum Gasteiger partial charge on any atom is 0.304 e. The SMILES string of the molecule is CC(=O)OC(C)(C#CCN1CCOCC1)c1ccccc1. The van der Waals surface area contributed by atoms with Gasteiger partial charge in [-0.15, -0.1) is 0 Å². The molecule has 1 heterocycles. The zero-order valence-electron chi connectivity index (χ0n) is 12.6. The molecule has 1 aromatic rings. The first-order valence-electron chi connectivity index (χ1n) is 7.15. The molecule has 0 aliphatic carbocycles. The van der Waals surface area contributed by atoms with Crippen molar-refractivity contribution in [3.8, 4) is 11.8 Å². The van der Waals surface area contributed by atoms with Gasteiger partial charge < -0.3 is 9.47 Å². The summed E-state index contributed by atoms with van der Waals surface area (Å²) in [6, 6.07) is 9.61. The van der Waals surface area contributed by atoms with E-state index in [-0.39, 0.29) is 5.97 Å². The fourth-order valence-corrected chi connectivity index (χ4v) is 2.28. The molecule has 1 fully saturated rings. The molecule has 21 heavy (non-hydrogen) atoms. The van der Waals surface area contributed by atoms with Crippen LogP contribution >= 0.6 is 0 Å². The molecule has 0 aromatic heterocycles. The molecule has 2 rings (SSSR count). The molecule has 4 heteroatoms. The van der Waals surface area contributed by atoms with Gasteiger partial charge in [-0.3, -0.25) is 9.69 Å². The lowest BCUT2D eigenvalue weighted by Gasteiger charge is -2.26. The summed E-state index contributed by atoms with van der Waals surface area (Å²) >= 11 is 0. The first kappa shape index (κ1) is 15.6.